The van der Waals surface area contributed by atoms with E-state index in [1.54, 1.807) is 6.08 Å². The number of allylic oxidation sites excluding steroid dienone is 1. The number of thioether (sulfide) groups is 1. The molecule has 0 spiro atoms. The second-order valence-corrected chi connectivity index (χ2v) is 8.57. The van der Waals surface area contributed by atoms with Gasteiger partial charge in [-0.1, -0.05) is 29.4 Å². The van der Waals surface area contributed by atoms with Gasteiger partial charge in [-0.3, -0.25) is 9.36 Å². The number of nitrogens with zero attached hydrogens (tertiary/aromatic N) is 3. The summed E-state index contributed by atoms with van der Waals surface area (Å²) in [6, 6.07) is 11.0. The fourth-order valence-electron chi connectivity index (χ4n) is 3.11. The highest BCUT2D eigenvalue weighted by Gasteiger charge is 2.15. The summed E-state index contributed by atoms with van der Waals surface area (Å²) in [6.07, 6.45) is 1.76. The van der Waals surface area contributed by atoms with Crippen LogP contribution in [0.3, 0.4) is 0 Å². The second-order valence-electron chi connectivity index (χ2n) is 7.25. The Labute approximate surface area is 203 Å². The fourth-order valence-corrected chi connectivity index (χ4v) is 3.99. The van der Waals surface area contributed by atoms with E-state index in [4.69, 9.17) is 21.1 Å². The lowest BCUT2D eigenvalue weighted by Gasteiger charge is -2.11. The second kappa shape index (κ2) is 11.8. The molecular formula is C24H27ClN4O3S. The maximum absolute atomic E-state index is 12.4. The molecule has 0 bridgehead atoms. The first-order valence-electron chi connectivity index (χ1n) is 10.5. The van der Waals surface area contributed by atoms with Gasteiger partial charge in [0.1, 0.15) is 18.1 Å². The van der Waals surface area contributed by atoms with Gasteiger partial charge in [-0.2, -0.15) is 0 Å². The van der Waals surface area contributed by atoms with Gasteiger partial charge in [0, 0.05) is 17.3 Å². The molecule has 1 N–H and O–H groups in total. The fraction of sp³-hybridized carbons (Fsp3) is 0.292. The third kappa shape index (κ3) is 6.76. The van der Waals surface area contributed by atoms with E-state index in [9.17, 15) is 4.79 Å². The molecule has 2 aromatic carbocycles. The molecule has 3 aromatic rings. The van der Waals surface area contributed by atoms with E-state index in [1.807, 2.05) is 61.7 Å². The minimum absolute atomic E-state index is 0.137. The zero-order chi connectivity index (χ0) is 23.8. The first-order chi connectivity index (χ1) is 15.9. The highest BCUT2D eigenvalue weighted by Crippen LogP contribution is 2.27. The van der Waals surface area contributed by atoms with Crippen LogP contribution in [0.2, 0.25) is 5.02 Å². The Bertz CT molecular complexity index is 1090. The predicted octanol–water partition coefficient (Wildman–Crippen LogP) is 5.44. The first kappa shape index (κ1) is 24.7. The van der Waals surface area contributed by atoms with E-state index in [-0.39, 0.29) is 18.3 Å². The molecule has 7 nitrogen and oxygen atoms in total. The molecule has 33 heavy (non-hydrogen) atoms. The number of anilines is 1. The summed E-state index contributed by atoms with van der Waals surface area (Å²) >= 11 is 7.54. The summed E-state index contributed by atoms with van der Waals surface area (Å²) in [5.41, 5.74) is 2.61. The maximum atomic E-state index is 12.4. The normalized spacial score (nSPS) is 10.7. The number of halogens is 1. The van der Waals surface area contributed by atoms with E-state index in [2.05, 4.69) is 22.1 Å². The monoisotopic (exact) mass is 486 g/mol. The summed E-state index contributed by atoms with van der Waals surface area (Å²) < 4.78 is 13.2. The Morgan fingerprint density at radius 1 is 1.15 bits per heavy atom. The summed E-state index contributed by atoms with van der Waals surface area (Å²) in [5, 5.41) is 12.7. The van der Waals surface area contributed by atoms with Gasteiger partial charge in [0.05, 0.1) is 12.4 Å². The standard InChI is InChI=1S/C24H27ClN4O3S/c1-5-11-29-21(14-32-20-12-16(3)23(25)17(4)13-20)27-28-24(29)33-15-22(30)26-18-7-9-19(10-8-18)31-6-2/h5,7-10,12-13H,1,6,11,14-15H2,2-4H3,(H,26,30). The van der Waals surface area contributed by atoms with Crippen molar-refractivity contribution < 1.29 is 14.3 Å². The lowest BCUT2D eigenvalue weighted by Crippen LogP contribution is -2.15. The van der Waals surface area contributed by atoms with Crippen molar-refractivity contribution in [2.24, 2.45) is 0 Å². The van der Waals surface area contributed by atoms with Gasteiger partial charge < -0.3 is 14.8 Å². The third-order valence-corrected chi connectivity index (χ3v) is 6.23. The van der Waals surface area contributed by atoms with Crippen molar-refractivity contribution in [1.82, 2.24) is 14.8 Å². The van der Waals surface area contributed by atoms with Crippen molar-refractivity contribution >= 4 is 35.0 Å². The van der Waals surface area contributed by atoms with E-state index in [1.165, 1.54) is 11.8 Å². The van der Waals surface area contributed by atoms with Crippen LogP contribution >= 0.6 is 23.4 Å². The van der Waals surface area contributed by atoms with Crippen LogP contribution in [0, 0.1) is 13.8 Å². The first-order valence-corrected chi connectivity index (χ1v) is 11.9. The zero-order valence-electron chi connectivity index (χ0n) is 18.9. The van der Waals surface area contributed by atoms with Gasteiger partial charge in [0.2, 0.25) is 5.91 Å². The van der Waals surface area contributed by atoms with Gasteiger partial charge in [0.15, 0.2) is 11.0 Å². The van der Waals surface area contributed by atoms with Crippen LogP contribution in [-0.4, -0.2) is 33.0 Å². The number of amides is 1. The largest absolute Gasteiger partial charge is 0.494 e. The molecule has 1 aromatic heterocycles. The summed E-state index contributed by atoms with van der Waals surface area (Å²) in [5.74, 6) is 2.18. The highest BCUT2D eigenvalue weighted by molar-refractivity contribution is 7.99. The van der Waals surface area contributed by atoms with Crippen molar-refractivity contribution in [2.45, 2.75) is 39.1 Å². The molecule has 0 atom stereocenters. The summed E-state index contributed by atoms with van der Waals surface area (Å²) in [6.45, 7) is 11.0. The van der Waals surface area contributed by atoms with Crippen molar-refractivity contribution in [2.75, 3.05) is 17.7 Å². The van der Waals surface area contributed by atoms with Gasteiger partial charge in [-0.05, 0) is 68.3 Å². The van der Waals surface area contributed by atoms with Crippen LogP contribution in [0.4, 0.5) is 5.69 Å². The average molecular weight is 487 g/mol. The minimum atomic E-state index is -0.137. The Kier molecular flexibility index (Phi) is 8.79. The Morgan fingerprint density at radius 2 is 1.85 bits per heavy atom. The average Bonchev–Trinajstić information content (AvgIpc) is 3.18. The van der Waals surface area contributed by atoms with Crippen LogP contribution in [-0.2, 0) is 17.9 Å². The van der Waals surface area contributed by atoms with Gasteiger partial charge >= 0.3 is 0 Å². The number of carbonyl (C=O) groups is 1. The van der Waals surface area contributed by atoms with Crippen molar-refractivity contribution in [3.8, 4) is 11.5 Å². The van der Waals surface area contributed by atoms with Crippen LogP contribution in [0.15, 0.2) is 54.2 Å². The smallest absolute Gasteiger partial charge is 0.234 e. The molecule has 174 valence electrons. The molecule has 0 aliphatic carbocycles. The van der Waals surface area contributed by atoms with E-state index in [0.717, 1.165) is 21.9 Å². The number of aryl methyl sites for hydroxylation is 2. The SMILES string of the molecule is C=CCn1c(COc2cc(C)c(Cl)c(C)c2)nnc1SCC(=O)Nc1ccc(OCC)cc1. The number of hydrogen-bond donors (Lipinski definition) is 1. The van der Waals surface area contributed by atoms with Crippen molar-refractivity contribution in [1.29, 1.82) is 0 Å². The van der Waals surface area contributed by atoms with Crippen LogP contribution in [0.1, 0.15) is 23.9 Å². The molecule has 0 aliphatic heterocycles. The number of nitrogens with one attached hydrogen (secondary N) is 1. The molecule has 0 radical (unpaired) electrons. The van der Waals surface area contributed by atoms with E-state index < -0.39 is 0 Å². The lowest BCUT2D eigenvalue weighted by molar-refractivity contribution is -0.113. The molecule has 0 aliphatic rings. The molecule has 0 saturated heterocycles. The number of carbonyl (C=O) groups excluding carboxylic acids is 1. The number of benzene rings is 2. The number of aromatic nitrogens is 3. The van der Waals surface area contributed by atoms with Crippen LogP contribution in [0.25, 0.3) is 0 Å². The Balaban J connectivity index is 1.60. The maximum Gasteiger partial charge on any atom is 0.234 e. The molecule has 0 saturated carbocycles. The quantitative estimate of drug-likeness (QED) is 0.287. The predicted molar refractivity (Wildman–Crippen MR) is 132 cm³/mol. The molecular weight excluding hydrogens is 460 g/mol. The number of rotatable bonds is 11. The van der Waals surface area contributed by atoms with Gasteiger partial charge in [-0.15, -0.1) is 16.8 Å². The summed E-state index contributed by atoms with van der Waals surface area (Å²) in [7, 11) is 0. The molecule has 1 heterocycles. The Hall–Kier alpha value is -2.97. The lowest BCUT2D eigenvalue weighted by atomic mass is 10.1. The zero-order valence-corrected chi connectivity index (χ0v) is 20.5. The third-order valence-electron chi connectivity index (χ3n) is 4.66. The van der Waals surface area contributed by atoms with Crippen LogP contribution in [0.5, 0.6) is 11.5 Å². The molecule has 1 amide bonds. The molecule has 3 rings (SSSR count). The summed E-state index contributed by atoms with van der Waals surface area (Å²) in [4.78, 5) is 12.4. The Morgan fingerprint density at radius 3 is 2.48 bits per heavy atom. The van der Waals surface area contributed by atoms with Gasteiger partial charge in [0.25, 0.3) is 0 Å². The van der Waals surface area contributed by atoms with Crippen LogP contribution < -0.4 is 14.8 Å². The van der Waals surface area contributed by atoms with E-state index >= 15 is 0 Å². The van der Waals surface area contributed by atoms with E-state index in [0.29, 0.717) is 35.6 Å². The highest BCUT2D eigenvalue weighted by atomic mass is 35.5. The molecule has 0 fully saturated rings. The van der Waals surface area contributed by atoms with Crippen molar-refractivity contribution in [3.05, 3.63) is 71.0 Å². The minimum Gasteiger partial charge on any atom is -0.494 e. The topological polar surface area (TPSA) is 78.3 Å². The molecule has 0 unspecified atom stereocenters. The van der Waals surface area contributed by atoms with Crippen molar-refractivity contribution in [3.63, 3.8) is 0 Å². The van der Waals surface area contributed by atoms with Gasteiger partial charge in [-0.25, -0.2) is 0 Å². The number of ether oxygens (including phenoxy) is 2. The number of hydrogen-bond acceptors (Lipinski definition) is 6. The molecule has 9 heteroatoms.